The van der Waals surface area contributed by atoms with E-state index in [2.05, 4.69) is 10.0 Å². The molecule has 3 rings (SSSR count). The molecule has 1 amide bonds. The van der Waals surface area contributed by atoms with E-state index in [0.29, 0.717) is 6.54 Å². The number of hydrogen-bond acceptors (Lipinski definition) is 5. The first-order chi connectivity index (χ1) is 13.9. The molecular weight excluding hydrogens is 392 g/mol. The summed E-state index contributed by atoms with van der Waals surface area (Å²) in [6.45, 7) is 0.297. The number of carboxylic acids is 1. The highest BCUT2D eigenvalue weighted by Crippen LogP contribution is 2.20. The lowest BCUT2D eigenvalue weighted by Gasteiger charge is -2.13. The number of sulfonamides is 1. The van der Waals surface area contributed by atoms with Gasteiger partial charge in [-0.05, 0) is 35.4 Å². The molecule has 2 N–H and O–H groups in total. The Morgan fingerprint density at radius 3 is 2.10 bits per heavy atom. The third-order valence-electron chi connectivity index (χ3n) is 4.11. The molecule has 0 saturated carbocycles. The topological polar surface area (TPSA) is 115 Å². The quantitative estimate of drug-likeness (QED) is 0.617. The van der Waals surface area contributed by atoms with E-state index < -0.39 is 21.9 Å². The van der Waals surface area contributed by atoms with Crippen LogP contribution >= 0.6 is 0 Å². The van der Waals surface area contributed by atoms with Crippen molar-refractivity contribution in [2.75, 3.05) is 4.72 Å². The smallest absolute Gasteiger partial charge is 0.261 e. The van der Waals surface area contributed by atoms with Gasteiger partial charge in [0.05, 0.1) is 22.1 Å². The van der Waals surface area contributed by atoms with E-state index >= 15 is 0 Å². The van der Waals surface area contributed by atoms with Crippen molar-refractivity contribution in [3.05, 3.63) is 95.6 Å². The Bertz CT molecular complexity index is 1130. The third kappa shape index (κ3) is 4.99. The fourth-order valence-corrected chi connectivity index (χ4v) is 3.70. The van der Waals surface area contributed by atoms with Crippen LogP contribution in [-0.4, -0.2) is 20.3 Å². The normalized spacial score (nSPS) is 10.9. The van der Waals surface area contributed by atoms with Gasteiger partial charge in [0.25, 0.3) is 15.9 Å². The van der Waals surface area contributed by atoms with Crippen LogP contribution in [0.2, 0.25) is 0 Å². The molecule has 7 nitrogen and oxygen atoms in total. The molecule has 0 aromatic heterocycles. The van der Waals surface area contributed by atoms with Crippen molar-refractivity contribution < 1.29 is 23.1 Å². The molecule has 0 saturated heterocycles. The Kier molecular flexibility index (Phi) is 5.94. The molecule has 29 heavy (non-hydrogen) atoms. The van der Waals surface area contributed by atoms with E-state index in [9.17, 15) is 23.1 Å². The van der Waals surface area contributed by atoms with Gasteiger partial charge in [0.2, 0.25) is 0 Å². The number of benzene rings is 3. The molecule has 0 aliphatic rings. The number of rotatable bonds is 7. The van der Waals surface area contributed by atoms with E-state index in [1.54, 1.807) is 12.1 Å². The summed E-state index contributed by atoms with van der Waals surface area (Å²) in [6.07, 6.45) is 0. The number of para-hydroxylation sites is 1. The Morgan fingerprint density at radius 1 is 0.828 bits per heavy atom. The fraction of sp³-hybridized carbons (Fsp3) is 0.0476. The summed E-state index contributed by atoms with van der Waals surface area (Å²) in [7, 11) is -4.02. The van der Waals surface area contributed by atoms with Crippen molar-refractivity contribution in [3.8, 4) is 0 Å². The molecule has 0 unspecified atom stereocenters. The summed E-state index contributed by atoms with van der Waals surface area (Å²) in [5.41, 5.74) is 1.05. The number of carbonyl (C=O) groups is 2. The van der Waals surface area contributed by atoms with E-state index in [1.807, 2.05) is 30.3 Å². The first-order valence-electron chi connectivity index (χ1n) is 8.62. The molecule has 0 atom stereocenters. The van der Waals surface area contributed by atoms with Crippen LogP contribution in [0, 0.1) is 0 Å². The molecule has 3 aromatic rings. The predicted molar refractivity (Wildman–Crippen MR) is 106 cm³/mol. The molecule has 3 aromatic carbocycles. The summed E-state index contributed by atoms with van der Waals surface area (Å²) in [5.74, 6) is -1.83. The maximum Gasteiger partial charge on any atom is 0.261 e. The van der Waals surface area contributed by atoms with E-state index in [-0.39, 0.29) is 21.7 Å². The van der Waals surface area contributed by atoms with Gasteiger partial charge < -0.3 is 15.2 Å². The lowest BCUT2D eigenvalue weighted by molar-refractivity contribution is -0.255. The van der Waals surface area contributed by atoms with E-state index in [4.69, 9.17) is 0 Å². The Hall–Kier alpha value is -3.65. The molecule has 0 aliphatic heterocycles. The summed E-state index contributed by atoms with van der Waals surface area (Å²) in [4.78, 5) is 23.2. The molecule has 0 spiro atoms. The molecule has 0 radical (unpaired) electrons. The van der Waals surface area contributed by atoms with Gasteiger partial charge in [0, 0.05) is 6.54 Å². The van der Waals surface area contributed by atoms with E-state index in [1.165, 1.54) is 12.1 Å². The van der Waals surface area contributed by atoms with Gasteiger partial charge in [-0.1, -0.05) is 54.6 Å². The average molecular weight is 409 g/mol. The third-order valence-corrected chi connectivity index (χ3v) is 5.49. The minimum absolute atomic E-state index is 0.113. The summed E-state index contributed by atoms with van der Waals surface area (Å²) < 4.78 is 27.6. The first-order valence-corrected chi connectivity index (χ1v) is 10.1. The highest BCUT2D eigenvalue weighted by atomic mass is 32.2. The molecule has 0 aliphatic carbocycles. The van der Waals surface area contributed by atoms with Gasteiger partial charge in [-0.15, -0.1) is 0 Å². The van der Waals surface area contributed by atoms with Gasteiger partial charge >= 0.3 is 0 Å². The number of carbonyl (C=O) groups excluding carboxylic acids is 2. The summed E-state index contributed by atoms with van der Waals surface area (Å²) in [5, 5.41) is 13.6. The zero-order valence-corrected chi connectivity index (χ0v) is 16.0. The second kappa shape index (κ2) is 8.57. The summed E-state index contributed by atoms with van der Waals surface area (Å²) >= 11 is 0. The lowest BCUT2D eigenvalue weighted by Crippen LogP contribution is -2.25. The van der Waals surface area contributed by atoms with Crippen LogP contribution in [0.15, 0.2) is 83.8 Å². The lowest BCUT2D eigenvalue weighted by atomic mass is 10.1. The van der Waals surface area contributed by atoms with Crippen LogP contribution in [0.4, 0.5) is 5.69 Å². The van der Waals surface area contributed by atoms with Gasteiger partial charge in [0.1, 0.15) is 0 Å². The largest absolute Gasteiger partial charge is 0.545 e. The van der Waals surface area contributed by atoms with Crippen molar-refractivity contribution >= 4 is 27.6 Å². The summed E-state index contributed by atoms with van der Waals surface area (Å²) in [6, 6.07) is 20.1. The SMILES string of the molecule is O=C([O-])c1ccc(S(=O)(=O)Nc2ccccc2C(=O)NCc2ccccc2)cc1. The van der Waals surface area contributed by atoms with Crippen LogP contribution in [0.1, 0.15) is 26.3 Å². The van der Waals surface area contributed by atoms with Crippen molar-refractivity contribution in [2.24, 2.45) is 0 Å². The number of hydrogen-bond donors (Lipinski definition) is 2. The highest BCUT2D eigenvalue weighted by Gasteiger charge is 2.18. The molecule has 8 heteroatoms. The van der Waals surface area contributed by atoms with Gasteiger partial charge in [-0.3, -0.25) is 9.52 Å². The number of carboxylic acid groups (broad SMARTS) is 1. The number of nitrogens with one attached hydrogen (secondary N) is 2. The Morgan fingerprint density at radius 2 is 1.45 bits per heavy atom. The second-order valence-corrected chi connectivity index (χ2v) is 7.81. The number of aromatic carboxylic acids is 1. The van der Waals surface area contributed by atoms with Crippen molar-refractivity contribution in [2.45, 2.75) is 11.4 Å². The van der Waals surface area contributed by atoms with Crippen LogP contribution in [0.5, 0.6) is 0 Å². The molecule has 148 valence electrons. The van der Waals surface area contributed by atoms with Crippen LogP contribution < -0.4 is 15.1 Å². The molecule has 0 bridgehead atoms. The number of anilines is 1. The van der Waals surface area contributed by atoms with Gasteiger partial charge in [-0.25, -0.2) is 8.42 Å². The Balaban J connectivity index is 1.79. The highest BCUT2D eigenvalue weighted by molar-refractivity contribution is 7.92. The molecular formula is C21H17N2O5S-. The first kappa shape index (κ1) is 20.1. The average Bonchev–Trinajstić information content (AvgIpc) is 2.73. The maximum atomic E-state index is 12.6. The monoisotopic (exact) mass is 409 g/mol. The zero-order chi connectivity index (χ0) is 20.9. The predicted octanol–water partition coefficient (Wildman–Crippen LogP) is 1.78. The van der Waals surface area contributed by atoms with Crippen molar-refractivity contribution in [3.63, 3.8) is 0 Å². The minimum Gasteiger partial charge on any atom is -0.545 e. The van der Waals surface area contributed by atoms with Crippen LogP contribution in [0.25, 0.3) is 0 Å². The molecule has 0 heterocycles. The van der Waals surface area contributed by atoms with Crippen LogP contribution in [-0.2, 0) is 16.6 Å². The Labute approximate surface area is 168 Å². The van der Waals surface area contributed by atoms with Gasteiger partial charge in [-0.2, -0.15) is 0 Å². The minimum atomic E-state index is -4.02. The standard InChI is InChI=1S/C21H18N2O5S/c24-20(22-14-15-6-2-1-3-7-15)18-8-4-5-9-19(18)23-29(27,28)17-12-10-16(11-13-17)21(25)26/h1-13,23H,14H2,(H,22,24)(H,25,26)/p-1. The van der Waals surface area contributed by atoms with Crippen molar-refractivity contribution in [1.82, 2.24) is 5.32 Å². The second-order valence-electron chi connectivity index (χ2n) is 6.13. The van der Waals surface area contributed by atoms with E-state index in [0.717, 1.165) is 29.8 Å². The van der Waals surface area contributed by atoms with Gasteiger partial charge in [0.15, 0.2) is 0 Å². The maximum absolute atomic E-state index is 12.6. The number of amides is 1. The molecule has 0 fully saturated rings. The fourth-order valence-electron chi connectivity index (χ4n) is 2.62. The van der Waals surface area contributed by atoms with Crippen LogP contribution in [0.3, 0.4) is 0 Å². The van der Waals surface area contributed by atoms with Crippen molar-refractivity contribution in [1.29, 1.82) is 0 Å². The zero-order valence-electron chi connectivity index (χ0n) is 15.2.